The molecule has 1 rings (SSSR count). The quantitative estimate of drug-likeness (QED) is 0.500. The van der Waals surface area contributed by atoms with Crippen LogP contribution in [-0.2, 0) is 0 Å². The molecule has 5 N–H and O–H groups in total. The van der Waals surface area contributed by atoms with Gasteiger partial charge in [0.2, 0.25) is 0 Å². The molecule has 1 aliphatic rings. The summed E-state index contributed by atoms with van der Waals surface area (Å²) in [6.07, 6.45) is 8.60. The molecule has 0 heterocycles. The molecule has 1 fully saturated rings. The third-order valence-electron chi connectivity index (χ3n) is 3.96. The van der Waals surface area contributed by atoms with Crippen LogP contribution in [0.5, 0.6) is 0 Å². The van der Waals surface area contributed by atoms with Gasteiger partial charge in [-0.1, -0.05) is 45.4 Å². The lowest BCUT2D eigenvalue weighted by Gasteiger charge is -2.30. The summed E-state index contributed by atoms with van der Waals surface area (Å²) in [7, 11) is 0. The number of aliphatic hydroxyl groups is 2. The predicted octanol–water partition coefficient (Wildman–Crippen LogP) is 1.70. The SMILES string of the molecule is CCCCC(O)N[C@@H](CC1CCCCC1)C(N)O. The van der Waals surface area contributed by atoms with Crippen LogP contribution in [0.4, 0.5) is 0 Å². The molecule has 0 saturated heterocycles. The first-order valence-electron chi connectivity index (χ1n) is 7.51. The summed E-state index contributed by atoms with van der Waals surface area (Å²) in [6, 6.07) is -0.181. The number of hydrogen-bond donors (Lipinski definition) is 4. The van der Waals surface area contributed by atoms with E-state index in [1.807, 2.05) is 0 Å². The number of nitrogens with one attached hydrogen (secondary N) is 1. The molecule has 0 aromatic carbocycles. The second kappa shape index (κ2) is 8.86. The highest BCUT2D eigenvalue weighted by Gasteiger charge is 2.23. The van der Waals surface area contributed by atoms with Crippen molar-refractivity contribution < 1.29 is 10.2 Å². The molecule has 0 bridgehead atoms. The van der Waals surface area contributed by atoms with Crippen molar-refractivity contribution >= 4 is 0 Å². The van der Waals surface area contributed by atoms with Gasteiger partial charge in [0.15, 0.2) is 0 Å². The van der Waals surface area contributed by atoms with E-state index in [1.54, 1.807) is 0 Å². The summed E-state index contributed by atoms with van der Waals surface area (Å²) in [6.45, 7) is 2.10. The van der Waals surface area contributed by atoms with Crippen molar-refractivity contribution in [3.8, 4) is 0 Å². The fraction of sp³-hybridized carbons (Fsp3) is 1.00. The van der Waals surface area contributed by atoms with Crippen LogP contribution >= 0.6 is 0 Å². The van der Waals surface area contributed by atoms with E-state index in [4.69, 9.17) is 5.73 Å². The predicted molar refractivity (Wildman–Crippen MR) is 73.8 cm³/mol. The fourth-order valence-corrected chi connectivity index (χ4v) is 2.82. The van der Waals surface area contributed by atoms with Gasteiger partial charge < -0.3 is 15.9 Å². The van der Waals surface area contributed by atoms with E-state index < -0.39 is 12.5 Å². The molecule has 4 nitrogen and oxygen atoms in total. The van der Waals surface area contributed by atoms with Gasteiger partial charge in [0, 0.05) is 6.04 Å². The maximum atomic E-state index is 9.85. The van der Waals surface area contributed by atoms with Crippen LogP contribution in [-0.4, -0.2) is 28.7 Å². The maximum absolute atomic E-state index is 9.85. The molecule has 108 valence electrons. The molecular weight excluding hydrogens is 228 g/mol. The minimum Gasteiger partial charge on any atom is -0.379 e. The average Bonchev–Trinajstić information content (AvgIpc) is 2.36. The van der Waals surface area contributed by atoms with Crippen molar-refractivity contribution in [2.75, 3.05) is 0 Å². The highest BCUT2D eigenvalue weighted by atomic mass is 16.3. The Balaban J connectivity index is 2.33. The molecule has 0 spiro atoms. The third kappa shape index (κ3) is 6.14. The van der Waals surface area contributed by atoms with Crippen LogP contribution in [0.1, 0.15) is 64.7 Å². The summed E-state index contributed by atoms with van der Waals surface area (Å²) >= 11 is 0. The molecule has 4 heteroatoms. The molecule has 1 saturated carbocycles. The normalized spacial score (nSPS) is 22.7. The number of rotatable bonds is 8. The molecule has 18 heavy (non-hydrogen) atoms. The fourth-order valence-electron chi connectivity index (χ4n) is 2.82. The highest BCUT2D eigenvalue weighted by Crippen LogP contribution is 2.27. The Labute approximate surface area is 111 Å². The number of hydrogen-bond acceptors (Lipinski definition) is 4. The van der Waals surface area contributed by atoms with Gasteiger partial charge >= 0.3 is 0 Å². The Kier molecular flexibility index (Phi) is 7.82. The second-order valence-corrected chi connectivity index (χ2v) is 5.66. The minimum absolute atomic E-state index is 0.181. The van der Waals surface area contributed by atoms with Gasteiger partial charge in [-0.3, -0.25) is 5.32 Å². The molecule has 0 radical (unpaired) electrons. The molecule has 1 aliphatic carbocycles. The Morgan fingerprint density at radius 3 is 2.44 bits per heavy atom. The van der Waals surface area contributed by atoms with Crippen molar-refractivity contribution in [2.24, 2.45) is 11.7 Å². The topological polar surface area (TPSA) is 78.5 Å². The Hall–Kier alpha value is -0.160. The lowest BCUT2D eigenvalue weighted by Crippen LogP contribution is -2.50. The number of aliphatic hydroxyl groups excluding tert-OH is 2. The van der Waals surface area contributed by atoms with Crippen LogP contribution in [0.15, 0.2) is 0 Å². The van der Waals surface area contributed by atoms with Gasteiger partial charge in [0.1, 0.15) is 12.5 Å². The molecule has 0 amide bonds. The van der Waals surface area contributed by atoms with Crippen LogP contribution in [0.2, 0.25) is 0 Å². The molecule has 0 aliphatic heterocycles. The van der Waals surface area contributed by atoms with E-state index >= 15 is 0 Å². The third-order valence-corrected chi connectivity index (χ3v) is 3.96. The zero-order valence-corrected chi connectivity index (χ0v) is 11.6. The van der Waals surface area contributed by atoms with Crippen molar-refractivity contribution in [3.63, 3.8) is 0 Å². The first kappa shape index (κ1) is 15.9. The van der Waals surface area contributed by atoms with Gasteiger partial charge in [0.05, 0.1) is 0 Å². The zero-order chi connectivity index (χ0) is 13.4. The molecule has 3 atom stereocenters. The Morgan fingerprint density at radius 2 is 1.89 bits per heavy atom. The summed E-state index contributed by atoms with van der Waals surface area (Å²) in [5, 5.41) is 22.6. The van der Waals surface area contributed by atoms with E-state index in [1.165, 1.54) is 32.1 Å². The monoisotopic (exact) mass is 258 g/mol. The zero-order valence-electron chi connectivity index (χ0n) is 11.6. The first-order chi connectivity index (χ1) is 8.63. The van der Waals surface area contributed by atoms with Crippen molar-refractivity contribution in [2.45, 2.75) is 83.2 Å². The van der Waals surface area contributed by atoms with Gasteiger partial charge in [-0.05, 0) is 25.2 Å². The van der Waals surface area contributed by atoms with Crippen LogP contribution in [0, 0.1) is 5.92 Å². The maximum Gasteiger partial charge on any atom is 0.117 e. The molecule has 0 aromatic rings. The lowest BCUT2D eigenvalue weighted by molar-refractivity contribution is 0.0506. The van der Waals surface area contributed by atoms with E-state index in [9.17, 15) is 10.2 Å². The largest absolute Gasteiger partial charge is 0.379 e. The van der Waals surface area contributed by atoms with Crippen LogP contribution in [0.3, 0.4) is 0 Å². The summed E-state index contributed by atoms with van der Waals surface area (Å²) in [5.74, 6) is 0.646. The van der Waals surface area contributed by atoms with Gasteiger partial charge in [0.25, 0.3) is 0 Å². The van der Waals surface area contributed by atoms with E-state index in [0.29, 0.717) is 5.92 Å². The number of unbranched alkanes of at least 4 members (excludes halogenated alkanes) is 1. The van der Waals surface area contributed by atoms with E-state index in [-0.39, 0.29) is 6.04 Å². The standard InChI is InChI=1S/C14H30N2O2/c1-2-3-9-13(17)16-12(14(15)18)10-11-7-5-4-6-8-11/h11-14,16-18H,2-10,15H2,1H3/t12-,13?,14?/m0/s1. The second-order valence-electron chi connectivity index (χ2n) is 5.66. The minimum atomic E-state index is -0.886. The summed E-state index contributed by atoms with van der Waals surface area (Å²) in [5.41, 5.74) is 5.61. The average molecular weight is 258 g/mol. The van der Waals surface area contributed by atoms with Gasteiger partial charge in [-0.15, -0.1) is 0 Å². The molecule has 0 aromatic heterocycles. The lowest BCUT2D eigenvalue weighted by atomic mass is 9.84. The highest BCUT2D eigenvalue weighted by molar-refractivity contribution is 4.78. The Morgan fingerprint density at radius 1 is 1.22 bits per heavy atom. The smallest absolute Gasteiger partial charge is 0.117 e. The molecular formula is C14H30N2O2. The van der Waals surface area contributed by atoms with Crippen molar-refractivity contribution in [1.29, 1.82) is 0 Å². The van der Waals surface area contributed by atoms with Gasteiger partial charge in [-0.25, -0.2) is 0 Å². The molecule has 2 unspecified atom stereocenters. The van der Waals surface area contributed by atoms with E-state index in [2.05, 4.69) is 12.2 Å². The Bertz CT molecular complexity index is 206. The summed E-state index contributed by atoms with van der Waals surface area (Å²) < 4.78 is 0. The van der Waals surface area contributed by atoms with Crippen LogP contribution < -0.4 is 11.1 Å². The van der Waals surface area contributed by atoms with E-state index in [0.717, 1.165) is 25.7 Å². The van der Waals surface area contributed by atoms with Crippen LogP contribution in [0.25, 0.3) is 0 Å². The first-order valence-corrected chi connectivity index (χ1v) is 7.51. The number of nitrogens with two attached hydrogens (primary N) is 1. The van der Waals surface area contributed by atoms with Gasteiger partial charge in [-0.2, -0.15) is 0 Å². The van der Waals surface area contributed by atoms with Crippen molar-refractivity contribution in [3.05, 3.63) is 0 Å². The van der Waals surface area contributed by atoms with Crippen molar-refractivity contribution in [1.82, 2.24) is 5.32 Å². The summed E-state index contributed by atoms with van der Waals surface area (Å²) in [4.78, 5) is 0.